The molecule has 0 radical (unpaired) electrons. The molecule has 2 rings (SSSR count). The van der Waals surface area contributed by atoms with Crippen LogP contribution in [0.5, 0.6) is 0 Å². The number of furan rings is 1. The van der Waals surface area contributed by atoms with Crippen LogP contribution in [0.4, 0.5) is 0 Å². The third-order valence-electron chi connectivity index (χ3n) is 4.06. The molecule has 0 spiro atoms. The van der Waals surface area contributed by atoms with Crippen molar-refractivity contribution in [2.75, 3.05) is 0 Å². The maximum atomic E-state index is 6.00. The Balaban J connectivity index is 2.46. The minimum Gasteiger partial charge on any atom is -0.457 e. The lowest BCUT2D eigenvalue weighted by atomic mass is 9.93. The van der Waals surface area contributed by atoms with Gasteiger partial charge in [-0.25, -0.2) is 0 Å². The van der Waals surface area contributed by atoms with E-state index in [0.717, 1.165) is 44.9 Å². The van der Waals surface area contributed by atoms with Crippen LogP contribution < -0.4 is 0 Å². The lowest BCUT2D eigenvalue weighted by Gasteiger charge is -2.11. The maximum absolute atomic E-state index is 6.00. The second-order valence-electron chi connectivity index (χ2n) is 6.33. The van der Waals surface area contributed by atoms with Crippen molar-refractivity contribution in [1.29, 1.82) is 0 Å². The summed E-state index contributed by atoms with van der Waals surface area (Å²) < 4.78 is 6.00. The van der Waals surface area contributed by atoms with E-state index in [4.69, 9.17) is 10.8 Å². The van der Waals surface area contributed by atoms with Crippen LogP contribution in [0.1, 0.15) is 32.1 Å². The van der Waals surface area contributed by atoms with Crippen molar-refractivity contribution in [3.8, 4) is 23.7 Å². The summed E-state index contributed by atoms with van der Waals surface area (Å²) in [5.74, 6) is 4.33. The molecule has 1 aromatic heterocycles. The van der Waals surface area contributed by atoms with Gasteiger partial charge in [0.05, 0.1) is 0 Å². The average Bonchev–Trinajstić information content (AvgIpc) is 3.01. The topological polar surface area (TPSA) is 13.1 Å². The van der Waals surface area contributed by atoms with E-state index in [1.54, 1.807) is 0 Å². The number of hydrogen-bond donors (Lipinski definition) is 0. The molecule has 0 atom stereocenters. The summed E-state index contributed by atoms with van der Waals surface area (Å²) in [5, 5.41) is 0. The summed E-state index contributed by atoms with van der Waals surface area (Å²) in [4.78, 5) is 0. The molecule has 0 aliphatic heterocycles. The number of allylic oxidation sites excluding steroid dienone is 5. The summed E-state index contributed by atoms with van der Waals surface area (Å²) in [6.45, 7) is 16.0. The smallest absolute Gasteiger partial charge is 0.134 e. The Morgan fingerprint density at radius 2 is 1.64 bits per heavy atom. The zero-order valence-electron chi connectivity index (χ0n) is 15.4. The summed E-state index contributed by atoms with van der Waals surface area (Å²) in [7, 11) is 0. The molecule has 0 saturated heterocycles. The highest BCUT2D eigenvalue weighted by atomic mass is 16.3. The minimum atomic E-state index is 0.769. The van der Waals surface area contributed by atoms with E-state index in [2.05, 4.69) is 50.3 Å². The molecule has 2 aromatic rings. The average molecular weight is 328 g/mol. The van der Waals surface area contributed by atoms with E-state index in [0.29, 0.717) is 0 Å². The van der Waals surface area contributed by atoms with E-state index in [-0.39, 0.29) is 0 Å². The van der Waals surface area contributed by atoms with Crippen molar-refractivity contribution in [2.45, 2.75) is 27.7 Å². The van der Waals surface area contributed by atoms with Crippen molar-refractivity contribution < 1.29 is 4.42 Å². The number of terminal acetylenes is 1. The van der Waals surface area contributed by atoms with Crippen LogP contribution in [0.25, 0.3) is 17.4 Å². The van der Waals surface area contributed by atoms with Crippen LogP contribution in [0.15, 0.2) is 81.8 Å². The number of benzene rings is 1. The third-order valence-corrected chi connectivity index (χ3v) is 4.06. The van der Waals surface area contributed by atoms with Crippen molar-refractivity contribution in [2.24, 2.45) is 0 Å². The van der Waals surface area contributed by atoms with Crippen LogP contribution >= 0.6 is 0 Å². The number of rotatable bonds is 5. The Labute approximate surface area is 151 Å². The Morgan fingerprint density at radius 3 is 2.16 bits per heavy atom. The normalized spacial score (nSPS) is 12.4. The SMILES string of the molecule is C#C/C(C(=C)C)=C(C)/C(=C\c1ccc(-c2ccc(C)cc2)o1)C(=C)C. The Hall–Kier alpha value is -2.98. The quantitative estimate of drug-likeness (QED) is 0.437. The largest absolute Gasteiger partial charge is 0.457 e. The highest BCUT2D eigenvalue weighted by Crippen LogP contribution is 2.29. The van der Waals surface area contributed by atoms with E-state index in [1.807, 2.05) is 39.0 Å². The van der Waals surface area contributed by atoms with Crippen molar-refractivity contribution in [1.82, 2.24) is 0 Å². The predicted octanol–water partition coefficient (Wildman–Crippen LogP) is 6.74. The monoisotopic (exact) mass is 328 g/mol. The Bertz CT molecular complexity index is 906. The van der Waals surface area contributed by atoms with Gasteiger partial charge in [0.15, 0.2) is 0 Å². The van der Waals surface area contributed by atoms with Gasteiger partial charge in [-0.15, -0.1) is 6.42 Å². The zero-order chi connectivity index (χ0) is 18.6. The van der Waals surface area contributed by atoms with Crippen LogP contribution in [-0.4, -0.2) is 0 Å². The molecule has 0 unspecified atom stereocenters. The van der Waals surface area contributed by atoms with Crippen LogP contribution in [0.2, 0.25) is 0 Å². The van der Waals surface area contributed by atoms with Crippen molar-refractivity contribution in [3.05, 3.63) is 88.7 Å². The van der Waals surface area contributed by atoms with Crippen LogP contribution in [0, 0.1) is 19.3 Å². The van der Waals surface area contributed by atoms with Gasteiger partial charge in [-0.1, -0.05) is 54.5 Å². The Morgan fingerprint density at radius 1 is 1.00 bits per heavy atom. The second kappa shape index (κ2) is 7.73. The van der Waals surface area contributed by atoms with E-state index in [1.165, 1.54) is 5.56 Å². The molecule has 126 valence electrons. The number of hydrogen-bond acceptors (Lipinski definition) is 1. The first-order valence-corrected chi connectivity index (χ1v) is 8.21. The van der Waals surface area contributed by atoms with Crippen molar-refractivity contribution >= 4 is 6.08 Å². The molecule has 0 N–H and O–H groups in total. The fourth-order valence-corrected chi connectivity index (χ4v) is 2.68. The first-order chi connectivity index (χ1) is 11.8. The minimum absolute atomic E-state index is 0.769. The highest BCUT2D eigenvalue weighted by Gasteiger charge is 2.10. The molecule has 1 heterocycles. The molecule has 0 aliphatic rings. The second-order valence-corrected chi connectivity index (χ2v) is 6.33. The molecule has 1 heteroatoms. The zero-order valence-corrected chi connectivity index (χ0v) is 15.4. The standard InChI is InChI=1S/C24H24O/c1-8-22(16(2)3)19(7)23(17(4)5)15-21-13-14-24(25-21)20-11-9-18(6)10-12-20/h1,9-15H,2,4H2,3,5-7H3/b22-19-,23-15-. The molecule has 0 bridgehead atoms. The van der Waals surface area contributed by atoms with Crippen LogP contribution in [-0.2, 0) is 0 Å². The fourth-order valence-electron chi connectivity index (χ4n) is 2.68. The van der Waals surface area contributed by atoms with Gasteiger partial charge in [0.1, 0.15) is 11.5 Å². The maximum Gasteiger partial charge on any atom is 0.134 e. The summed E-state index contributed by atoms with van der Waals surface area (Å²) in [5.41, 5.74) is 6.84. The highest BCUT2D eigenvalue weighted by molar-refractivity contribution is 5.68. The van der Waals surface area contributed by atoms with E-state index < -0.39 is 0 Å². The number of aryl methyl sites for hydroxylation is 1. The molecule has 0 amide bonds. The molecular weight excluding hydrogens is 304 g/mol. The summed E-state index contributed by atoms with van der Waals surface area (Å²) in [6, 6.07) is 12.2. The summed E-state index contributed by atoms with van der Waals surface area (Å²) >= 11 is 0. The van der Waals surface area contributed by atoms with Crippen molar-refractivity contribution in [3.63, 3.8) is 0 Å². The van der Waals surface area contributed by atoms with Gasteiger partial charge < -0.3 is 4.42 Å². The van der Waals surface area contributed by atoms with E-state index in [9.17, 15) is 0 Å². The van der Waals surface area contributed by atoms with Gasteiger partial charge in [0.2, 0.25) is 0 Å². The molecule has 25 heavy (non-hydrogen) atoms. The van der Waals surface area contributed by atoms with Gasteiger partial charge in [-0.05, 0) is 62.6 Å². The van der Waals surface area contributed by atoms with Gasteiger partial charge in [0, 0.05) is 11.1 Å². The lowest BCUT2D eigenvalue weighted by Crippen LogP contribution is -1.93. The van der Waals surface area contributed by atoms with Crippen LogP contribution in [0.3, 0.4) is 0 Å². The molecule has 1 aromatic carbocycles. The lowest BCUT2D eigenvalue weighted by molar-refractivity contribution is 0.571. The van der Waals surface area contributed by atoms with E-state index >= 15 is 0 Å². The third kappa shape index (κ3) is 4.31. The molecule has 0 fully saturated rings. The first-order valence-electron chi connectivity index (χ1n) is 8.21. The fraction of sp³-hybridized carbons (Fsp3) is 0.167. The molecular formula is C24H24O. The summed E-state index contributed by atoms with van der Waals surface area (Å²) in [6.07, 6.45) is 7.63. The van der Waals surface area contributed by atoms with Gasteiger partial charge in [0.25, 0.3) is 0 Å². The molecule has 0 saturated carbocycles. The first kappa shape index (κ1) is 18.4. The molecule has 0 aliphatic carbocycles. The van der Waals surface area contributed by atoms with Gasteiger partial charge >= 0.3 is 0 Å². The Kier molecular flexibility index (Phi) is 5.67. The predicted molar refractivity (Wildman–Crippen MR) is 108 cm³/mol. The molecule has 1 nitrogen and oxygen atoms in total. The van der Waals surface area contributed by atoms with Gasteiger partial charge in [-0.2, -0.15) is 0 Å². The van der Waals surface area contributed by atoms with Gasteiger partial charge in [-0.3, -0.25) is 0 Å².